The molecule has 0 saturated carbocycles. The molecule has 2 aromatic carbocycles. The van der Waals surface area contributed by atoms with Crippen molar-refractivity contribution in [2.45, 2.75) is 13.1 Å². The van der Waals surface area contributed by atoms with E-state index in [-0.39, 0.29) is 5.69 Å². The molecule has 0 radical (unpaired) electrons. The maximum Gasteiger partial charge on any atom is 0.418 e. The van der Waals surface area contributed by atoms with Crippen molar-refractivity contribution in [3.63, 3.8) is 0 Å². The van der Waals surface area contributed by atoms with E-state index in [2.05, 4.69) is 10.5 Å². The Bertz CT molecular complexity index is 619. The van der Waals surface area contributed by atoms with Gasteiger partial charge in [-0.15, -0.1) is 0 Å². The number of anilines is 1. The number of aryl methyl sites for hydroxylation is 1. The lowest BCUT2D eigenvalue weighted by Gasteiger charge is -2.11. The van der Waals surface area contributed by atoms with Crippen LogP contribution in [0, 0.1) is 6.92 Å². The van der Waals surface area contributed by atoms with Crippen molar-refractivity contribution >= 4 is 11.9 Å². The molecule has 0 heterocycles. The molecular formula is C15H13F3N2. The highest BCUT2D eigenvalue weighted by molar-refractivity contribution is 5.82. The number of nitrogens with zero attached hydrogens (tertiary/aromatic N) is 1. The lowest BCUT2D eigenvalue weighted by Crippen LogP contribution is -2.08. The molecule has 0 aliphatic heterocycles. The quantitative estimate of drug-likeness (QED) is 0.650. The Kier molecular flexibility index (Phi) is 4.08. The Hall–Kier alpha value is -2.30. The number of rotatable bonds is 3. The summed E-state index contributed by atoms with van der Waals surface area (Å²) in [6.45, 7) is 1.91. The molecule has 0 atom stereocenters. The number of halogens is 3. The average Bonchev–Trinajstić information content (AvgIpc) is 2.40. The van der Waals surface area contributed by atoms with Crippen LogP contribution in [0.15, 0.2) is 53.6 Å². The average molecular weight is 278 g/mol. The van der Waals surface area contributed by atoms with Crippen LogP contribution >= 0.6 is 0 Å². The van der Waals surface area contributed by atoms with E-state index in [1.54, 1.807) is 0 Å². The van der Waals surface area contributed by atoms with Crippen LogP contribution in [0.4, 0.5) is 18.9 Å². The fourth-order valence-electron chi connectivity index (χ4n) is 1.73. The summed E-state index contributed by atoms with van der Waals surface area (Å²) in [5.41, 5.74) is 3.50. The highest BCUT2D eigenvalue weighted by Crippen LogP contribution is 2.34. The number of para-hydroxylation sites is 1. The Balaban J connectivity index is 2.18. The fraction of sp³-hybridized carbons (Fsp3) is 0.133. The maximum atomic E-state index is 12.8. The second kappa shape index (κ2) is 5.77. The van der Waals surface area contributed by atoms with Gasteiger partial charge in [-0.25, -0.2) is 0 Å². The van der Waals surface area contributed by atoms with E-state index < -0.39 is 11.7 Å². The predicted octanol–water partition coefficient (Wildman–Crippen LogP) is 4.46. The van der Waals surface area contributed by atoms with E-state index in [9.17, 15) is 13.2 Å². The lowest BCUT2D eigenvalue weighted by molar-refractivity contribution is -0.136. The molecule has 0 saturated heterocycles. The zero-order valence-corrected chi connectivity index (χ0v) is 10.8. The highest BCUT2D eigenvalue weighted by Gasteiger charge is 2.33. The van der Waals surface area contributed by atoms with Crippen molar-refractivity contribution in [1.82, 2.24) is 0 Å². The van der Waals surface area contributed by atoms with Crippen LogP contribution in [0.1, 0.15) is 16.7 Å². The summed E-state index contributed by atoms with van der Waals surface area (Å²) in [5, 5.41) is 3.87. The SMILES string of the molecule is Cc1ccccc1/C=N/Nc1ccccc1C(F)(F)F. The maximum absolute atomic E-state index is 12.8. The van der Waals surface area contributed by atoms with Crippen molar-refractivity contribution in [2.24, 2.45) is 5.10 Å². The number of hydrogen-bond donors (Lipinski definition) is 1. The molecule has 0 aromatic heterocycles. The van der Waals surface area contributed by atoms with Crippen LogP contribution in [-0.2, 0) is 6.18 Å². The zero-order valence-electron chi connectivity index (χ0n) is 10.8. The van der Waals surface area contributed by atoms with Gasteiger partial charge < -0.3 is 0 Å². The third-order valence-electron chi connectivity index (χ3n) is 2.81. The molecule has 0 unspecified atom stereocenters. The van der Waals surface area contributed by atoms with Gasteiger partial charge in [-0.1, -0.05) is 36.4 Å². The van der Waals surface area contributed by atoms with E-state index in [1.165, 1.54) is 24.4 Å². The summed E-state index contributed by atoms with van der Waals surface area (Å²) in [6, 6.07) is 12.7. The molecule has 104 valence electrons. The van der Waals surface area contributed by atoms with Gasteiger partial charge in [0.2, 0.25) is 0 Å². The van der Waals surface area contributed by atoms with E-state index in [0.29, 0.717) is 0 Å². The summed E-state index contributed by atoms with van der Waals surface area (Å²) < 4.78 is 38.3. The van der Waals surface area contributed by atoms with Crippen molar-refractivity contribution < 1.29 is 13.2 Å². The molecule has 2 rings (SSSR count). The molecule has 0 amide bonds. The Morgan fingerprint density at radius 3 is 2.35 bits per heavy atom. The van der Waals surface area contributed by atoms with E-state index in [1.807, 2.05) is 31.2 Å². The second-order valence-electron chi connectivity index (χ2n) is 4.27. The van der Waals surface area contributed by atoms with Crippen molar-refractivity contribution in [3.05, 3.63) is 65.2 Å². The normalized spacial score (nSPS) is 11.8. The lowest BCUT2D eigenvalue weighted by atomic mass is 10.1. The van der Waals surface area contributed by atoms with Crippen LogP contribution in [0.5, 0.6) is 0 Å². The summed E-state index contributed by atoms with van der Waals surface area (Å²) in [4.78, 5) is 0. The van der Waals surface area contributed by atoms with Gasteiger partial charge in [-0.05, 0) is 30.2 Å². The van der Waals surface area contributed by atoms with Crippen LogP contribution in [0.3, 0.4) is 0 Å². The zero-order chi connectivity index (χ0) is 14.6. The van der Waals surface area contributed by atoms with Gasteiger partial charge in [-0.3, -0.25) is 5.43 Å². The van der Waals surface area contributed by atoms with Crippen LogP contribution in [-0.4, -0.2) is 6.21 Å². The first kappa shape index (κ1) is 14.1. The Labute approximate surface area is 114 Å². The van der Waals surface area contributed by atoms with Crippen LogP contribution in [0.2, 0.25) is 0 Å². The topological polar surface area (TPSA) is 24.4 Å². The smallest absolute Gasteiger partial charge is 0.278 e. The summed E-state index contributed by atoms with van der Waals surface area (Å²) in [5.74, 6) is 0. The first-order valence-electron chi connectivity index (χ1n) is 5.99. The first-order chi connectivity index (χ1) is 9.48. The summed E-state index contributed by atoms with van der Waals surface area (Å²) in [7, 11) is 0. The molecule has 0 bridgehead atoms. The highest BCUT2D eigenvalue weighted by atomic mass is 19.4. The van der Waals surface area contributed by atoms with Gasteiger partial charge in [0.05, 0.1) is 17.5 Å². The van der Waals surface area contributed by atoms with Crippen molar-refractivity contribution in [1.29, 1.82) is 0 Å². The number of benzene rings is 2. The summed E-state index contributed by atoms with van der Waals surface area (Å²) in [6.07, 6.45) is -2.90. The number of alkyl halides is 3. The van der Waals surface area contributed by atoms with Gasteiger partial charge in [0.1, 0.15) is 0 Å². The third-order valence-corrected chi connectivity index (χ3v) is 2.81. The minimum atomic E-state index is -4.40. The molecule has 2 aromatic rings. The van der Waals surface area contributed by atoms with E-state index in [4.69, 9.17) is 0 Å². The van der Waals surface area contributed by atoms with Crippen molar-refractivity contribution in [3.8, 4) is 0 Å². The standard InChI is InChI=1S/C15H13F3N2/c1-11-6-2-3-7-12(11)10-19-20-14-9-5-4-8-13(14)15(16,17)18/h2-10,20H,1H3/b19-10+. The minimum absolute atomic E-state index is 0.0650. The van der Waals surface area contributed by atoms with E-state index in [0.717, 1.165) is 17.2 Å². The molecule has 2 nitrogen and oxygen atoms in total. The molecule has 5 heteroatoms. The monoisotopic (exact) mass is 278 g/mol. The van der Waals surface area contributed by atoms with Gasteiger partial charge >= 0.3 is 6.18 Å². The number of hydrogen-bond acceptors (Lipinski definition) is 2. The Morgan fingerprint density at radius 1 is 1.00 bits per heavy atom. The molecule has 0 fully saturated rings. The van der Waals surface area contributed by atoms with Gasteiger partial charge in [-0.2, -0.15) is 18.3 Å². The summed E-state index contributed by atoms with van der Waals surface area (Å²) >= 11 is 0. The van der Waals surface area contributed by atoms with Crippen LogP contribution in [0.25, 0.3) is 0 Å². The van der Waals surface area contributed by atoms with Gasteiger partial charge in [0.15, 0.2) is 0 Å². The fourth-order valence-corrected chi connectivity index (χ4v) is 1.73. The van der Waals surface area contributed by atoms with E-state index >= 15 is 0 Å². The Morgan fingerprint density at radius 2 is 1.65 bits per heavy atom. The molecule has 1 N–H and O–H groups in total. The first-order valence-corrected chi connectivity index (χ1v) is 5.99. The minimum Gasteiger partial charge on any atom is -0.278 e. The largest absolute Gasteiger partial charge is 0.418 e. The second-order valence-corrected chi connectivity index (χ2v) is 4.27. The number of hydrazone groups is 1. The molecule has 0 aliphatic carbocycles. The molecular weight excluding hydrogens is 265 g/mol. The van der Waals surface area contributed by atoms with Gasteiger partial charge in [0.25, 0.3) is 0 Å². The van der Waals surface area contributed by atoms with Crippen molar-refractivity contribution in [2.75, 3.05) is 5.43 Å². The molecule has 20 heavy (non-hydrogen) atoms. The number of nitrogens with one attached hydrogen (secondary N) is 1. The van der Waals surface area contributed by atoms with Gasteiger partial charge in [0, 0.05) is 0 Å². The predicted molar refractivity (Wildman–Crippen MR) is 73.8 cm³/mol. The molecule has 0 aliphatic rings. The third kappa shape index (κ3) is 3.38. The molecule has 0 spiro atoms. The van der Waals surface area contributed by atoms with Crippen LogP contribution < -0.4 is 5.43 Å².